The summed E-state index contributed by atoms with van der Waals surface area (Å²) in [5.74, 6) is 0.536. The first kappa shape index (κ1) is 35.1. The van der Waals surface area contributed by atoms with Gasteiger partial charge < -0.3 is 33.5 Å². The molecule has 2 aliphatic heterocycles. The second-order valence-electron chi connectivity index (χ2n) is 14.6. The van der Waals surface area contributed by atoms with Crippen molar-refractivity contribution in [3.05, 3.63) is 42.9 Å². The number of carbonyl (C=O) groups excluding carboxylic acids is 2. The molecule has 0 aliphatic carbocycles. The van der Waals surface area contributed by atoms with Crippen LogP contribution in [-0.4, -0.2) is 99.5 Å². The molecular weight excluding hydrogens is 642 g/mol. The lowest BCUT2D eigenvalue weighted by Crippen LogP contribution is -2.50. The Morgan fingerprint density at radius 3 is 2.32 bits per heavy atom. The van der Waals surface area contributed by atoms with E-state index in [0.717, 1.165) is 42.7 Å². The second kappa shape index (κ2) is 14.3. The molecule has 268 valence electrons. The number of aromatic nitrogens is 5. The van der Waals surface area contributed by atoms with Crippen molar-refractivity contribution in [3.63, 3.8) is 0 Å². The highest BCUT2D eigenvalue weighted by molar-refractivity contribution is 5.97. The molecular formula is C36H47N7O7. The van der Waals surface area contributed by atoms with E-state index < -0.39 is 17.3 Å². The van der Waals surface area contributed by atoms with Gasteiger partial charge in [-0.1, -0.05) is 6.07 Å². The number of piperazine rings is 1. The maximum absolute atomic E-state index is 13.6. The first-order valence-electron chi connectivity index (χ1n) is 17.1. The van der Waals surface area contributed by atoms with Gasteiger partial charge in [-0.2, -0.15) is 5.10 Å². The Bertz CT molecular complexity index is 1820. The molecule has 6 rings (SSSR count). The minimum Gasteiger partial charge on any atom is -0.467 e. The van der Waals surface area contributed by atoms with Crippen molar-refractivity contribution in [1.29, 1.82) is 0 Å². The lowest BCUT2D eigenvalue weighted by Gasteiger charge is -2.36. The van der Waals surface area contributed by atoms with Gasteiger partial charge in [-0.15, -0.1) is 10.2 Å². The van der Waals surface area contributed by atoms with Crippen LogP contribution in [0.1, 0.15) is 67.0 Å². The van der Waals surface area contributed by atoms with E-state index in [0.29, 0.717) is 54.2 Å². The Balaban J connectivity index is 1.33. The maximum Gasteiger partial charge on any atom is 0.419 e. The number of hydrogen-bond acceptors (Lipinski definition) is 11. The molecule has 0 saturated carbocycles. The normalized spacial score (nSPS) is 17.2. The fourth-order valence-corrected chi connectivity index (χ4v) is 6.01. The Hall–Kier alpha value is -4.69. The summed E-state index contributed by atoms with van der Waals surface area (Å²) in [6.45, 7) is 13.7. The summed E-state index contributed by atoms with van der Waals surface area (Å²) in [6.07, 6.45) is 7.70. The van der Waals surface area contributed by atoms with E-state index in [4.69, 9.17) is 23.7 Å². The number of ether oxygens (including phenoxy) is 5. The van der Waals surface area contributed by atoms with Gasteiger partial charge >= 0.3 is 12.2 Å². The number of anilines is 1. The van der Waals surface area contributed by atoms with Crippen molar-refractivity contribution in [2.45, 2.75) is 78.2 Å². The van der Waals surface area contributed by atoms with Crippen molar-refractivity contribution in [2.24, 2.45) is 0 Å². The molecule has 5 heterocycles. The quantitative estimate of drug-likeness (QED) is 0.197. The third-order valence-corrected chi connectivity index (χ3v) is 8.36. The average Bonchev–Trinajstić information content (AvgIpc) is 3.72. The fraction of sp³-hybridized carbons (Fsp3) is 0.528. The highest BCUT2D eigenvalue weighted by Gasteiger charge is 2.30. The van der Waals surface area contributed by atoms with Gasteiger partial charge in [0, 0.05) is 63.4 Å². The molecule has 2 saturated heterocycles. The molecule has 14 nitrogen and oxygen atoms in total. The Labute approximate surface area is 292 Å². The van der Waals surface area contributed by atoms with E-state index >= 15 is 0 Å². The smallest absolute Gasteiger partial charge is 0.419 e. The van der Waals surface area contributed by atoms with E-state index in [1.165, 1.54) is 4.57 Å². The van der Waals surface area contributed by atoms with Gasteiger partial charge in [-0.05, 0) is 84.6 Å². The topological polar surface area (TPSA) is 135 Å². The molecule has 3 aromatic heterocycles. The summed E-state index contributed by atoms with van der Waals surface area (Å²) in [4.78, 5) is 30.1. The van der Waals surface area contributed by atoms with Gasteiger partial charge in [0.1, 0.15) is 28.7 Å². The molecule has 0 bridgehead atoms. The van der Waals surface area contributed by atoms with E-state index in [1.807, 2.05) is 82.9 Å². The van der Waals surface area contributed by atoms with E-state index in [9.17, 15) is 9.59 Å². The van der Waals surface area contributed by atoms with Crippen LogP contribution in [0, 0.1) is 0 Å². The number of benzene rings is 1. The number of nitrogens with zero attached hydrogens (tertiary/aromatic N) is 7. The Kier molecular flexibility index (Phi) is 10.0. The zero-order valence-corrected chi connectivity index (χ0v) is 30.0. The summed E-state index contributed by atoms with van der Waals surface area (Å²) < 4.78 is 31.9. The molecule has 50 heavy (non-hydrogen) atoms. The standard InChI is InChI=1S/C36H47N7O7/c1-35(2,3)49-33(44)41-15-13-40(14-16-41)29-22-42(34(45)50-36(4,5)6)28-19-27(38-39-32(28)29)26-12-11-24(18-30(26)48-23-46-7)25-20-37-43(21-25)31-10-8-9-17-47-31/h11-12,18-22,31H,8-10,13-17,23H2,1-7H3. The van der Waals surface area contributed by atoms with Gasteiger partial charge in [0.15, 0.2) is 6.79 Å². The molecule has 4 aromatic rings. The van der Waals surface area contributed by atoms with Crippen LogP contribution in [0.5, 0.6) is 5.75 Å². The Morgan fingerprint density at radius 1 is 0.900 bits per heavy atom. The minimum absolute atomic E-state index is 0.0228. The summed E-state index contributed by atoms with van der Waals surface area (Å²) in [5, 5.41) is 13.8. The van der Waals surface area contributed by atoms with Crippen LogP contribution in [0.3, 0.4) is 0 Å². The predicted octanol–water partition coefficient (Wildman–Crippen LogP) is 6.48. The lowest BCUT2D eigenvalue weighted by molar-refractivity contribution is -0.0394. The second-order valence-corrected chi connectivity index (χ2v) is 14.6. The van der Waals surface area contributed by atoms with Crippen LogP contribution in [0.25, 0.3) is 33.4 Å². The van der Waals surface area contributed by atoms with Crippen LogP contribution < -0.4 is 9.64 Å². The van der Waals surface area contributed by atoms with Crippen molar-refractivity contribution < 1.29 is 33.3 Å². The summed E-state index contributed by atoms with van der Waals surface area (Å²) in [5.41, 5.74) is 3.50. The van der Waals surface area contributed by atoms with Crippen molar-refractivity contribution in [3.8, 4) is 28.1 Å². The zero-order chi connectivity index (χ0) is 35.6. The Morgan fingerprint density at radius 2 is 1.64 bits per heavy atom. The SMILES string of the molecule is COCOc1cc(-c2cnn(C3CCCCO3)c2)ccc1-c1cc2c(nn1)c(N1CCN(C(=O)OC(C)(C)C)CC1)cn2C(=O)OC(C)(C)C. The number of rotatable bonds is 7. The third kappa shape index (κ3) is 8.02. The van der Waals surface area contributed by atoms with Crippen LogP contribution in [-0.2, 0) is 18.9 Å². The molecule has 1 atom stereocenters. The largest absolute Gasteiger partial charge is 0.467 e. The zero-order valence-electron chi connectivity index (χ0n) is 30.0. The third-order valence-electron chi connectivity index (χ3n) is 8.36. The van der Waals surface area contributed by atoms with E-state index in [-0.39, 0.29) is 19.1 Å². The number of amides is 1. The van der Waals surface area contributed by atoms with Crippen LogP contribution >= 0.6 is 0 Å². The van der Waals surface area contributed by atoms with Crippen molar-refractivity contribution >= 4 is 28.9 Å². The fourth-order valence-electron chi connectivity index (χ4n) is 6.01. The highest BCUT2D eigenvalue weighted by atomic mass is 16.7. The van der Waals surface area contributed by atoms with Gasteiger partial charge in [0.05, 0.1) is 23.1 Å². The van der Waals surface area contributed by atoms with Gasteiger partial charge in [0.2, 0.25) is 0 Å². The van der Waals surface area contributed by atoms with Crippen molar-refractivity contribution in [2.75, 3.05) is 51.6 Å². The molecule has 1 amide bonds. The van der Waals surface area contributed by atoms with Gasteiger partial charge in [-0.3, -0.25) is 0 Å². The number of fused-ring (bicyclic) bond motifs is 1. The molecule has 1 unspecified atom stereocenters. The molecule has 2 fully saturated rings. The monoisotopic (exact) mass is 689 g/mol. The summed E-state index contributed by atoms with van der Waals surface area (Å²) >= 11 is 0. The first-order chi connectivity index (χ1) is 23.8. The van der Waals surface area contributed by atoms with Crippen LogP contribution in [0.2, 0.25) is 0 Å². The molecule has 0 N–H and O–H groups in total. The number of carbonyl (C=O) groups is 2. The minimum atomic E-state index is -0.718. The number of methoxy groups -OCH3 is 1. The maximum atomic E-state index is 13.6. The molecule has 2 aliphatic rings. The summed E-state index contributed by atoms with van der Waals surface area (Å²) in [6, 6.07) is 7.64. The van der Waals surface area contributed by atoms with Crippen LogP contribution in [0.15, 0.2) is 42.9 Å². The van der Waals surface area contributed by atoms with Crippen molar-refractivity contribution in [1.82, 2.24) is 29.4 Å². The molecule has 14 heteroatoms. The highest BCUT2D eigenvalue weighted by Crippen LogP contribution is 2.37. The van der Waals surface area contributed by atoms with Gasteiger partial charge in [0.25, 0.3) is 0 Å². The van der Waals surface area contributed by atoms with E-state index in [2.05, 4.69) is 20.2 Å². The molecule has 1 aromatic carbocycles. The average molecular weight is 690 g/mol. The first-order valence-corrected chi connectivity index (χ1v) is 17.1. The lowest BCUT2D eigenvalue weighted by atomic mass is 10.0. The van der Waals surface area contributed by atoms with E-state index in [1.54, 1.807) is 18.2 Å². The molecule has 0 radical (unpaired) electrons. The molecule has 0 spiro atoms. The van der Waals surface area contributed by atoms with Gasteiger partial charge in [-0.25, -0.2) is 18.8 Å². The van der Waals surface area contributed by atoms with Crippen LogP contribution in [0.4, 0.5) is 15.3 Å². The predicted molar refractivity (Wildman–Crippen MR) is 187 cm³/mol. The summed E-state index contributed by atoms with van der Waals surface area (Å²) in [7, 11) is 1.56. The number of hydrogen-bond donors (Lipinski definition) is 0.